The zero-order valence-electron chi connectivity index (χ0n) is 12.2. The first-order valence-corrected chi connectivity index (χ1v) is 6.45. The maximum absolute atomic E-state index is 11.2. The van der Waals surface area contributed by atoms with Crippen LogP contribution in [0.3, 0.4) is 0 Å². The van der Waals surface area contributed by atoms with E-state index < -0.39 is 0 Å². The average molecular weight is 256 g/mol. The fourth-order valence-electron chi connectivity index (χ4n) is 2.27. The van der Waals surface area contributed by atoms with Gasteiger partial charge >= 0.3 is 0 Å². The number of benzene rings is 1. The minimum atomic E-state index is -0.139. The summed E-state index contributed by atoms with van der Waals surface area (Å²) in [6.07, 6.45) is 2.69. The van der Waals surface area contributed by atoms with Crippen LogP contribution in [-0.4, -0.2) is 16.1 Å². The minimum absolute atomic E-state index is 0.139. The highest BCUT2D eigenvalue weighted by molar-refractivity contribution is 5.77. The van der Waals surface area contributed by atoms with E-state index in [-0.39, 0.29) is 5.41 Å². The molecule has 0 atom stereocenters. The Balaban J connectivity index is 2.58. The first-order chi connectivity index (χ1) is 8.81. The van der Waals surface area contributed by atoms with Gasteiger partial charge < -0.3 is 0 Å². The zero-order valence-corrected chi connectivity index (χ0v) is 12.2. The lowest BCUT2D eigenvalue weighted by molar-refractivity contribution is 0.112. The quantitative estimate of drug-likeness (QED) is 0.769. The third kappa shape index (κ3) is 2.75. The Hall–Kier alpha value is -1.90. The highest BCUT2D eigenvalue weighted by Gasteiger charge is 2.22. The molecule has 0 aliphatic rings. The molecule has 3 heteroatoms. The molecule has 0 amide bonds. The van der Waals surface area contributed by atoms with Gasteiger partial charge in [-0.2, -0.15) is 5.10 Å². The number of aldehydes is 1. The number of hydrogen-bond donors (Lipinski definition) is 0. The number of carbonyl (C=O) groups is 1. The predicted octanol–water partition coefficient (Wildman–Crippen LogP) is 3.60. The van der Waals surface area contributed by atoms with Gasteiger partial charge in [0.25, 0.3) is 0 Å². The lowest BCUT2D eigenvalue weighted by Crippen LogP contribution is -2.14. The Kier molecular flexibility index (Phi) is 3.31. The fourth-order valence-corrected chi connectivity index (χ4v) is 2.27. The SMILES string of the molecule is Cc1cc(C)cc(-n2cc(C=O)c(C(C)(C)C)n2)c1. The Morgan fingerprint density at radius 2 is 1.68 bits per heavy atom. The van der Waals surface area contributed by atoms with Crippen molar-refractivity contribution in [3.05, 3.63) is 46.8 Å². The molecule has 0 saturated carbocycles. The standard InChI is InChI=1S/C16H20N2O/c1-11-6-12(2)8-14(7-11)18-9-13(10-19)15(17-18)16(3,4)5/h6-10H,1-5H3. The van der Waals surface area contributed by atoms with Crippen LogP contribution in [0.15, 0.2) is 24.4 Å². The molecular formula is C16H20N2O. The lowest BCUT2D eigenvalue weighted by Gasteiger charge is -2.15. The number of aromatic nitrogens is 2. The molecule has 19 heavy (non-hydrogen) atoms. The molecule has 0 fully saturated rings. The molecule has 0 saturated heterocycles. The topological polar surface area (TPSA) is 34.9 Å². The van der Waals surface area contributed by atoms with Gasteiger partial charge in [-0.05, 0) is 37.1 Å². The molecule has 1 heterocycles. The van der Waals surface area contributed by atoms with Crippen molar-refractivity contribution in [2.45, 2.75) is 40.0 Å². The van der Waals surface area contributed by atoms with Crippen LogP contribution < -0.4 is 0 Å². The van der Waals surface area contributed by atoms with Crippen molar-refractivity contribution in [1.29, 1.82) is 0 Å². The Morgan fingerprint density at radius 1 is 1.11 bits per heavy atom. The third-order valence-electron chi connectivity index (χ3n) is 3.05. The van der Waals surface area contributed by atoms with Crippen molar-refractivity contribution >= 4 is 6.29 Å². The Morgan fingerprint density at radius 3 is 2.11 bits per heavy atom. The van der Waals surface area contributed by atoms with Crippen LogP contribution in [0, 0.1) is 13.8 Å². The van der Waals surface area contributed by atoms with Crippen LogP contribution >= 0.6 is 0 Å². The van der Waals surface area contributed by atoms with E-state index in [1.807, 2.05) is 6.20 Å². The molecule has 0 N–H and O–H groups in total. The summed E-state index contributed by atoms with van der Waals surface area (Å²) in [7, 11) is 0. The summed E-state index contributed by atoms with van der Waals surface area (Å²) in [5, 5.41) is 4.59. The molecule has 100 valence electrons. The second kappa shape index (κ2) is 4.65. The van der Waals surface area contributed by atoms with Crippen molar-refractivity contribution < 1.29 is 4.79 Å². The largest absolute Gasteiger partial charge is 0.298 e. The van der Waals surface area contributed by atoms with Gasteiger partial charge in [-0.25, -0.2) is 4.68 Å². The summed E-state index contributed by atoms with van der Waals surface area (Å²) < 4.78 is 1.80. The fraction of sp³-hybridized carbons (Fsp3) is 0.375. The minimum Gasteiger partial charge on any atom is -0.298 e. The average Bonchev–Trinajstić information content (AvgIpc) is 2.71. The van der Waals surface area contributed by atoms with Gasteiger partial charge in [-0.3, -0.25) is 4.79 Å². The van der Waals surface area contributed by atoms with Gasteiger partial charge in [-0.1, -0.05) is 26.8 Å². The molecule has 1 aromatic carbocycles. The Bertz CT molecular complexity index is 598. The lowest BCUT2D eigenvalue weighted by atomic mass is 9.90. The molecule has 0 unspecified atom stereocenters. The normalized spacial score (nSPS) is 11.6. The smallest absolute Gasteiger partial charge is 0.153 e. The van der Waals surface area contributed by atoms with Crippen LogP contribution in [0.2, 0.25) is 0 Å². The van der Waals surface area contributed by atoms with E-state index >= 15 is 0 Å². The number of hydrogen-bond acceptors (Lipinski definition) is 2. The third-order valence-corrected chi connectivity index (χ3v) is 3.05. The van der Waals surface area contributed by atoms with Crippen LogP contribution in [0.1, 0.15) is 48.0 Å². The van der Waals surface area contributed by atoms with Crippen molar-refractivity contribution in [2.24, 2.45) is 0 Å². The summed E-state index contributed by atoms with van der Waals surface area (Å²) in [5.41, 5.74) is 4.73. The number of aryl methyl sites for hydroxylation is 2. The van der Waals surface area contributed by atoms with Crippen LogP contribution in [-0.2, 0) is 5.41 Å². The van der Waals surface area contributed by atoms with E-state index in [4.69, 9.17) is 0 Å². The van der Waals surface area contributed by atoms with Gasteiger partial charge in [0.2, 0.25) is 0 Å². The van der Waals surface area contributed by atoms with Gasteiger partial charge in [-0.15, -0.1) is 0 Å². The van der Waals surface area contributed by atoms with E-state index in [2.05, 4.69) is 57.9 Å². The number of rotatable bonds is 2. The van der Waals surface area contributed by atoms with Crippen molar-refractivity contribution in [1.82, 2.24) is 9.78 Å². The summed E-state index contributed by atoms with van der Waals surface area (Å²) in [4.78, 5) is 11.2. The summed E-state index contributed by atoms with van der Waals surface area (Å²) in [6.45, 7) is 10.3. The molecule has 3 nitrogen and oxygen atoms in total. The molecule has 1 aromatic heterocycles. The number of nitrogens with zero attached hydrogens (tertiary/aromatic N) is 2. The highest BCUT2D eigenvalue weighted by Crippen LogP contribution is 2.25. The molecule has 0 radical (unpaired) electrons. The zero-order chi connectivity index (χ0) is 14.2. The van der Waals surface area contributed by atoms with Crippen molar-refractivity contribution in [3.63, 3.8) is 0 Å². The van der Waals surface area contributed by atoms with E-state index in [9.17, 15) is 4.79 Å². The molecule has 2 aromatic rings. The van der Waals surface area contributed by atoms with Crippen LogP contribution in [0.25, 0.3) is 5.69 Å². The second-order valence-electron chi connectivity index (χ2n) is 6.09. The van der Waals surface area contributed by atoms with Crippen LogP contribution in [0.4, 0.5) is 0 Å². The monoisotopic (exact) mass is 256 g/mol. The van der Waals surface area contributed by atoms with Gasteiger partial charge in [0.15, 0.2) is 6.29 Å². The molecule has 2 rings (SSSR count). The predicted molar refractivity (Wildman–Crippen MR) is 77.1 cm³/mol. The molecule has 0 aliphatic heterocycles. The van der Waals surface area contributed by atoms with E-state index in [0.717, 1.165) is 17.7 Å². The highest BCUT2D eigenvalue weighted by atomic mass is 16.1. The first kappa shape index (κ1) is 13.5. The number of carbonyl (C=O) groups excluding carboxylic acids is 1. The first-order valence-electron chi connectivity index (χ1n) is 6.45. The summed E-state index contributed by atoms with van der Waals surface area (Å²) >= 11 is 0. The van der Waals surface area contributed by atoms with Gasteiger partial charge in [0, 0.05) is 11.6 Å². The summed E-state index contributed by atoms with van der Waals surface area (Å²) in [5.74, 6) is 0. The summed E-state index contributed by atoms with van der Waals surface area (Å²) in [6, 6.07) is 6.26. The maximum Gasteiger partial charge on any atom is 0.153 e. The molecular weight excluding hydrogens is 236 g/mol. The Labute approximate surface area is 114 Å². The maximum atomic E-state index is 11.2. The molecule has 0 aliphatic carbocycles. The van der Waals surface area contributed by atoms with E-state index in [1.165, 1.54) is 11.1 Å². The van der Waals surface area contributed by atoms with E-state index in [1.54, 1.807) is 4.68 Å². The molecule has 0 spiro atoms. The molecule has 0 bridgehead atoms. The van der Waals surface area contributed by atoms with E-state index in [0.29, 0.717) is 5.56 Å². The van der Waals surface area contributed by atoms with Crippen molar-refractivity contribution in [2.75, 3.05) is 0 Å². The van der Waals surface area contributed by atoms with Gasteiger partial charge in [0.1, 0.15) is 0 Å². The van der Waals surface area contributed by atoms with Crippen LogP contribution in [0.5, 0.6) is 0 Å². The van der Waals surface area contributed by atoms with Crippen molar-refractivity contribution in [3.8, 4) is 5.69 Å². The van der Waals surface area contributed by atoms with Gasteiger partial charge in [0.05, 0.1) is 16.9 Å². The second-order valence-corrected chi connectivity index (χ2v) is 6.09.